The Balaban J connectivity index is 3.42. The molecule has 0 aromatic rings. The van der Waals surface area contributed by atoms with Gasteiger partial charge in [-0.25, -0.2) is 0 Å². The number of nitrogens with two attached hydrogens (primary N) is 1. The Hall–Kier alpha value is -0.220. The number of carbonyl (C=O) groups is 1. The first-order valence-corrected chi connectivity index (χ1v) is 3.99. The molecule has 0 aliphatic carbocycles. The van der Waals surface area contributed by atoms with Crippen molar-refractivity contribution in [3.63, 3.8) is 0 Å². The molecular formula is C6H14N2OS. The number of thiol groups is 1. The highest BCUT2D eigenvalue weighted by Crippen LogP contribution is 1.84. The molecule has 1 atom stereocenters. The highest BCUT2D eigenvalue weighted by atomic mass is 32.1. The molecule has 0 saturated carbocycles. The molecule has 0 aliphatic heterocycles. The van der Waals surface area contributed by atoms with Gasteiger partial charge in [0.15, 0.2) is 0 Å². The Morgan fingerprint density at radius 3 is 2.80 bits per heavy atom. The van der Waals surface area contributed by atoms with Crippen molar-refractivity contribution < 1.29 is 4.79 Å². The third kappa shape index (κ3) is 3.74. The number of amides is 1. The molecule has 0 heterocycles. The molecule has 0 bridgehead atoms. The maximum absolute atomic E-state index is 10.9. The zero-order valence-corrected chi connectivity index (χ0v) is 7.03. The Bertz CT molecular complexity index is 108. The van der Waals surface area contributed by atoms with E-state index in [1.165, 1.54) is 0 Å². The van der Waals surface area contributed by atoms with Crippen LogP contribution < -0.4 is 11.1 Å². The second-order valence-corrected chi connectivity index (χ2v) is 2.48. The third-order valence-electron chi connectivity index (χ3n) is 1.19. The molecule has 4 heteroatoms. The lowest BCUT2D eigenvalue weighted by molar-refractivity contribution is -0.122. The van der Waals surface area contributed by atoms with Crippen LogP contribution in [0.2, 0.25) is 0 Å². The van der Waals surface area contributed by atoms with Crippen LogP contribution in [-0.4, -0.2) is 24.2 Å². The van der Waals surface area contributed by atoms with Gasteiger partial charge in [0.25, 0.3) is 0 Å². The van der Waals surface area contributed by atoms with Gasteiger partial charge in [0.1, 0.15) is 0 Å². The minimum Gasteiger partial charge on any atom is -0.354 e. The van der Waals surface area contributed by atoms with E-state index in [1.54, 1.807) is 0 Å². The van der Waals surface area contributed by atoms with Gasteiger partial charge in [0.2, 0.25) is 5.91 Å². The van der Waals surface area contributed by atoms with Gasteiger partial charge in [-0.15, -0.1) is 0 Å². The number of rotatable bonds is 4. The molecule has 0 fully saturated rings. The lowest BCUT2D eigenvalue weighted by atomic mass is 10.2. The summed E-state index contributed by atoms with van der Waals surface area (Å²) in [5.41, 5.74) is 5.42. The SMILES string of the molecule is CCC(N)C(=O)NCCS. The van der Waals surface area contributed by atoms with E-state index in [1.807, 2.05) is 6.92 Å². The average molecular weight is 162 g/mol. The molecule has 1 unspecified atom stereocenters. The van der Waals surface area contributed by atoms with Crippen LogP contribution in [0.3, 0.4) is 0 Å². The highest BCUT2D eigenvalue weighted by Gasteiger charge is 2.08. The standard InChI is InChI=1S/C6H14N2OS/c1-2-5(7)6(9)8-3-4-10/h5,10H,2-4,7H2,1H3,(H,8,9). The van der Waals surface area contributed by atoms with Gasteiger partial charge in [-0.2, -0.15) is 12.6 Å². The fourth-order valence-electron chi connectivity index (χ4n) is 0.496. The van der Waals surface area contributed by atoms with Crippen molar-refractivity contribution in [2.45, 2.75) is 19.4 Å². The number of hydrogen-bond donors (Lipinski definition) is 3. The van der Waals surface area contributed by atoms with Crippen molar-refractivity contribution in [2.24, 2.45) is 5.73 Å². The molecule has 0 aliphatic rings. The first-order valence-electron chi connectivity index (χ1n) is 3.36. The molecular weight excluding hydrogens is 148 g/mol. The Labute approximate surface area is 66.8 Å². The number of carbonyl (C=O) groups excluding carboxylic acids is 1. The average Bonchev–Trinajstić information content (AvgIpc) is 1.98. The molecule has 0 aromatic heterocycles. The first-order chi connectivity index (χ1) is 4.72. The van der Waals surface area contributed by atoms with Gasteiger partial charge in [0, 0.05) is 12.3 Å². The van der Waals surface area contributed by atoms with Crippen LogP contribution in [0.25, 0.3) is 0 Å². The summed E-state index contributed by atoms with van der Waals surface area (Å²) in [7, 11) is 0. The molecule has 0 radical (unpaired) electrons. The van der Waals surface area contributed by atoms with E-state index in [0.717, 1.165) is 0 Å². The van der Waals surface area contributed by atoms with Gasteiger partial charge in [0.05, 0.1) is 6.04 Å². The summed E-state index contributed by atoms with van der Waals surface area (Å²) in [6.07, 6.45) is 0.679. The van der Waals surface area contributed by atoms with E-state index in [2.05, 4.69) is 17.9 Å². The van der Waals surface area contributed by atoms with Gasteiger partial charge in [-0.05, 0) is 6.42 Å². The smallest absolute Gasteiger partial charge is 0.236 e. The van der Waals surface area contributed by atoms with Gasteiger partial charge < -0.3 is 11.1 Å². The van der Waals surface area contributed by atoms with Crippen molar-refractivity contribution in [1.29, 1.82) is 0 Å². The maximum Gasteiger partial charge on any atom is 0.236 e. The first kappa shape index (κ1) is 9.78. The number of nitrogens with one attached hydrogen (secondary N) is 1. The Kier molecular flexibility index (Phi) is 5.43. The summed E-state index contributed by atoms with van der Waals surface area (Å²) in [4.78, 5) is 10.9. The summed E-state index contributed by atoms with van der Waals surface area (Å²) >= 11 is 3.94. The fraction of sp³-hybridized carbons (Fsp3) is 0.833. The van der Waals surface area contributed by atoms with Crippen molar-refractivity contribution in [3.05, 3.63) is 0 Å². The summed E-state index contributed by atoms with van der Waals surface area (Å²) < 4.78 is 0. The normalized spacial score (nSPS) is 12.7. The van der Waals surface area contributed by atoms with Crippen molar-refractivity contribution in [3.8, 4) is 0 Å². The highest BCUT2D eigenvalue weighted by molar-refractivity contribution is 7.80. The molecule has 1 amide bonds. The predicted octanol–water partition coefficient (Wildman–Crippen LogP) is -0.230. The van der Waals surface area contributed by atoms with Crippen LogP contribution >= 0.6 is 12.6 Å². The second kappa shape index (κ2) is 5.56. The largest absolute Gasteiger partial charge is 0.354 e. The quantitative estimate of drug-likeness (QED) is 0.500. The fourth-order valence-corrected chi connectivity index (χ4v) is 0.607. The van der Waals surface area contributed by atoms with E-state index >= 15 is 0 Å². The minimum absolute atomic E-state index is 0.0865. The molecule has 10 heavy (non-hydrogen) atoms. The molecule has 3 nitrogen and oxygen atoms in total. The molecule has 0 saturated heterocycles. The van der Waals surface area contributed by atoms with Crippen LogP contribution in [0.1, 0.15) is 13.3 Å². The van der Waals surface area contributed by atoms with Crippen LogP contribution in [0.15, 0.2) is 0 Å². The predicted molar refractivity (Wildman–Crippen MR) is 45.1 cm³/mol. The van der Waals surface area contributed by atoms with Crippen molar-refractivity contribution in [2.75, 3.05) is 12.3 Å². The van der Waals surface area contributed by atoms with Crippen LogP contribution in [0, 0.1) is 0 Å². The van der Waals surface area contributed by atoms with Gasteiger partial charge in [-0.3, -0.25) is 4.79 Å². The Morgan fingerprint density at radius 1 is 1.80 bits per heavy atom. The lowest BCUT2D eigenvalue weighted by Crippen LogP contribution is -2.40. The molecule has 60 valence electrons. The minimum atomic E-state index is -0.361. The lowest BCUT2D eigenvalue weighted by Gasteiger charge is -2.07. The third-order valence-corrected chi connectivity index (χ3v) is 1.41. The molecule has 0 rings (SSSR count). The topological polar surface area (TPSA) is 55.1 Å². The van der Waals surface area contributed by atoms with Crippen molar-refractivity contribution >= 4 is 18.5 Å². The summed E-state index contributed by atoms with van der Waals surface area (Å²) in [5.74, 6) is 0.568. The van der Waals surface area contributed by atoms with Crippen LogP contribution in [0.4, 0.5) is 0 Å². The maximum atomic E-state index is 10.9. The zero-order chi connectivity index (χ0) is 7.98. The summed E-state index contributed by atoms with van der Waals surface area (Å²) in [6, 6.07) is -0.361. The van der Waals surface area contributed by atoms with E-state index < -0.39 is 0 Å². The number of hydrogen-bond acceptors (Lipinski definition) is 3. The van der Waals surface area contributed by atoms with E-state index in [4.69, 9.17) is 5.73 Å². The van der Waals surface area contributed by atoms with Gasteiger partial charge >= 0.3 is 0 Å². The monoisotopic (exact) mass is 162 g/mol. The van der Waals surface area contributed by atoms with Crippen molar-refractivity contribution in [1.82, 2.24) is 5.32 Å². The van der Waals surface area contributed by atoms with Crippen LogP contribution in [-0.2, 0) is 4.79 Å². The van der Waals surface area contributed by atoms with Crippen LogP contribution in [0.5, 0.6) is 0 Å². The molecule has 3 N–H and O–H groups in total. The van der Waals surface area contributed by atoms with E-state index in [9.17, 15) is 4.79 Å². The summed E-state index contributed by atoms with van der Waals surface area (Å²) in [6.45, 7) is 2.47. The van der Waals surface area contributed by atoms with E-state index in [0.29, 0.717) is 18.7 Å². The summed E-state index contributed by atoms with van der Waals surface area (Å²) in [5, 5.41) is 2.64. The van der Waals surface area contributed by atoms with E-state index in [-0.39, 0.29) is 11.9 Å². The Morgan fingerprint density at radius 2 is 2.40 bits per heavy atom. The van der Waals surface area contributed by atoms with Gasteiger partial charge in [-0.1, -0.05) is 6.92 Å². The zero-order valence-electron chi connectivity index (χ0n) is 6.13. The molecule has 0 aromatic carbocycles. The second-order valence-electron chi connectivity index (χ2n) is 2.03. The molecule has 0 spiro atoms.